The fourth-order valence-electron chi connectivity index (χ4n) is 0.627. The zero-order valence-electron chi connectivity index (χ0n) is 6.40. The fraction of sp³-hybridized carbons (Fsp3) is 0.625. The lowest BCUT2D eigenvalue weighted by Gasteiger charge is -2.00. The van der Waals surface area contributed by atoms with Gasteiger partial charge in [0, 0.05) is 13.0 Å². The Bertz CT molecular complexity index is 151. The highest BCUT2D eigenvalue weighted by Crippen LogP contribution is 1.91. The Balaban J connectivity index is 3.03. The summed E-state index contributed by atoms with van der Waals surface area (Å²) in [7, 11) is 0. The molecule has 0 aliphatic heterocycles. The van der Waals surface area contributed by atoms with E-state index in [-0.39, 0.29) is 5.91 Å². The highest BCUT2D eigenvalue weighted by Gasteiger charge is 1.94. The zero-order chi connectivity index (χ0) is 8.53. The van der Waals surface area contributed by atoms with E-state index in [4.69, 9.17) is 6.42 Å². The first-order valence-electron chi connectivity index (χ1n) is 3.57. The van der Waals surface area contributed by atoms with Gasteiger partial charge in [0.15, 0.2) is 0 Å². The molecular weight excluding hydrogens is 253 g/mol. The van der Waals surface area contributed by atoms with Crippen molar-refractivity contribution < 1.29 is 4.79 Å². The summed E-state index contributed by atoms with van der Waals surface area (Å²) in [6, 6.07) is 0. The molecule has 11 heavy (non-hydrogen) atoms. The van der Waals surface area contributed by atoms with Gasteiger partial charge in [-0.3, -0.25) is 4.79 Å². The van der Waals surface area contributed by atoms with Crippen LogP contribution in [0.15, 0.2) is 0 Å². The lowest BCUT2D eigenvalue weighted by molar-refractivity contribution is -0.118. The number of nitrogens with one attached hydrogen (secondary N) is 1. The van der Waals surface area contributed by atoms with E-state index in [2.05, 4.69) is 11.2 Å². The molecule has 0 aromatic heterocycles. The Morgan fingerprint density at radius 2 is 2.27 bits per heavy atom. The first-order chi connectivity index (χ1) is 5.31. The summed E-state index contributed by atoms with van der Waals surface area (Å²) in [5.41, 5.74) is 0. The smallest absolute Gasteiger partial charge is 0.229 e. The highest BCUT2D eigenvalue weighted by atomic mass is 127. The van der Waals surface area contributed by atoms with Crippen molar-refractivity contribution in [1.29, 1.82) is 0 Å². The number of carbonyl (C=O) groups is 1. The van der Waals surface area contributed by atoms with E-state index >= 15 is 0 Å². The molecule has 3 heteroatoms. The average Bonchev–Trinajstić information content (AvgIpc) is 2.04. The maximum absolute atomic E-state index is 10.7. The topological polar surface area (TPSA) is 29.1 Å². The highest BCUT2D eigenvalue weighted by molar-refractivity contribution is 14.1. The zero-order valence-corrected chi connectivity index (χ0v) is 8.56. The molecule has 0 saturated carbocycles. The second-order valence-electron chi connectivity index (χ2n) is 2.14. The Labute approximate surface area is 81.3 Å². The summed E-state index contributed by atoms with van der Waals surface area (Å²) < 4.78 is 0.535. The number of terminal acetylenes is 1. The van der Waals surface area contributed by atoms with Crippen molar-refractivity contribution in [1.82, 2.24) is 5.32 Å². The van der Waals surface area contributed by atoms with Crippen LogP contribution in [0.25, 0.3) is 0 Å². The third-order valence-electron chi connectivity index (χ3n) is 1.19. The van der Waals surface area contributed by atoms with Crippen molar-refractivity contribution >= 4 is 28.5 Å². The number of alkyl halides is 1. The second-order valence-corrected chi connectivity index (χ2v) is 2.91. The minimum Gasteiger partial charge on any atom is -0.355 e. The summed E-state index contributed by atoms with van der Waals surface area (Å²) in [5.74, 6) is 2.66. The molecular formula is C8H12INO. The Morgan fingerprint density at radius 3 is 2.82 bits per heavy atom. The molecule has 0 rings (SSSR count). The van der Waals surface area contributed by atoms with Gasteiger partial charge in [-0.05, 0) is 12.8 Å². The molecule has 0 aliphatic carbocycles. The van der Waals surface area contributed by atoms with E-state index in [0.717, 1.165) is 25.8 Å². The number of unbranched alkanes of at least 4 members (excludes halogenated alkanes) is 2. The molecule has 0 unspecified atom stereocenters. The summed E-state index contributed by atoms with van der Waals surface area (Å²) in [4.78, 5) is 10.7. The Morgan fingerprint density at radius 1 is 1.55 bits per heavy atom. The molecule has 0 heterocycles. The molecule has 0 atom stereocenters. The maximum atomic E-state index is 10.7. The van der Waals surface area contributed by atoms with Crippen molar-refractivity contribution in [3.63, 3.8) is 0 Å². The fourth-order valence-corrected chi connectivity index (χ4v) is 0.897. The van der Waals surface area contributed by atoms with E-state index in [1.165, 1.54) is 0 Å². The lowest BCUT2D eigenvalue weighted by Crippen LogP contribution is -2.24. The third-order valence-corrected chi connectivity index (χ3v) is 1.88. The number of carbonyl (C=O) groups excluding carboxylic acids is 1. The van der Waals surface area contributed by atoms with E-state index in [0.29, 0.717) is 4.43 Å². The molecule has 2 nitrogen and oxygen atoms in total. The van der Waals surface area contributed by atoms with Crippen LogP contribution in [0.2, 0.25) is 0 Å². The number of amides is 1. The summed E-state index contributed by atoms with van der Waals surface area (Å²) in [5, 5.41) is 2.78. The van der Waals surface area contributed by atoms with Gasteiger partial charge in [-0.1, -0.05) is 22.6 Å². The molecule has 0 aliphatic rings. The number of hydrogen-bond acceptors (Lipinski definition) is 1. The summed E-state index contributed by atoms with van der Waals surface area (Å²) in [6.07, 6.45) is 7.84. The van der Waals surface area contributed by atoms with Crippen molar-refractivity contribution in [3.8, 4) is 12.3 Å². The first-order valence-corrected chi connectivity index (χ1v) is 5.10. The van der Waals surface area contributed by atoms with Crippen molar-refractivity contribution in [2.75, 3.05) is 11.0 Å². The quantitative estimate of drug-likeness (QED) is 0.345. The van der Waals surface area contributed by atoms with Crippen LogP contribution in [0.3, 0.4) is 0 Å². The van der Waals surface area contributed by atoms with Crippen molar-refractivity contribution in [3.05, 3.63) is 0 Å². The van der Waals surface area contributed by atoms with Gasteiger partial charge in [0.1, 0.15) is 0 Å². The molecule has 1 N–H and O–H groups in total. The molecule has 1 amide bonds. The Hall–Kier alpha value is -0.240. The van der Waals surface area contributed by atoms with Crippen LogP contribution < -0.4 is 5.32 Å². The lowest BCUT2D eigenvalue weighted by atomic mass is 10.2. The molecule has 0 radical (unpaired) electrons. The monoisotopic (exact) mass is 265 g/mol. The maximum Gasteiger partial charge on any atom is 0.229 e. The van der Waals surface area contributed by atoms with Gasteiger partial charge in [-0.2, -0.15) is 0 Å². The molecule has 0 aromatic carbocycles. The van der Waals surface area contributed by atoms with Gasteiger partial charge in [0.2, 0.25) is 5.91 Å². The van der Waals surface area contributed by atoms with Gasteiger partial charge in [-0.25, -0.2) is 0 Å². The minimum absolute atomic E-state index is 0.103. The third kappa shape index (κ3) is 7.66. The standard InChI is InChI=1S/C8H12INO/c1-2-3-4-5-6-10-8(11)7-9/h1H,3-7H2,(H,10,11). The van der Waals surface area contributed by atoms with E-state index in [9.17, 15) is 4.79 Å². The van der Waals surface area contributed by atoms with E-state index < -0.39 is 0 Å². The number of rotatable bonds is 5. The largest absolute Gasteiger partial charge is 0.355 e. The minimum atomic E-state index is 0.103. The van der Waals surface area contributed by atoms with Crippen molar-refractivity contribution in [2.45, 2.75) is 19.3 Å². The molecule has 0 saturated heterocycles. The SMILES string of the molecule is C#CCCCCNC(=O)CI. The van der Waals surface area contributed by atoms with Gasteiger partial charge < -0.3 is 5.32 Å². The van der Waals surface area contributed by atoms with Crippen LogP contribution >= 0.6 is 22.6 Å². The van der Waals surface area contributed by atoms with Gasteiger partial charge >= 0.3 is 0 Å². The predicted molar refractivity (Wildman–Crippen MR) is 54.6 cm³/mol. The number of halogens is 1. The van der Waals surface area contributed by atoms with Gasteiger partial charge in [0.05, 0.1) is 4.43 Å². The summed E-state index contributed by atoms with van der Waals surface area (Å²) in [6.45, 7) is 0.753. The molecule has 0 fully saturated rings. The normalized spacial score (nSPS) is 8.73. The molecule has 0 aromatic rings. The predicted octanol–water partition coefficient (Wildman–Crippen LogP) is 1.34. The van der Waals surface area contributed by atoms with E-state index in [1.54, 1.807) is 0 Å². The van der Waals surface area contributed by atoms with Gasteiger partial charge in [0.25, 0.3) is 0 Å². The van der Waals surface area contributed by atoms with Crippen LogP contribution in [0, 0.1) is 12.3 Å². The number of hydrogen-bond donors (Lipinski definition) is 1. The van der Waals surface area contributed by atoms with Crippen LogP contribution in [0.4, 0.5) is 0 Å². The Kier molecular flexibility index (Phi) is 7.69. The molecule has 0 spiro atoms. The molecule has 62 valence electrons. The van der Waals surface area contributed by atoms with Crippen molar-refractivity contribution in [2.24, 2.45) is 0 Å². The first kappa shape index (κ1) is 10.8. The average molecular weight is 265 g/mol. The van der Waals surface area contributed by atoms with Crippen LogP contribution in [-0.2, 0) is 4.79 Å². The van der Waals surface area contributed by atoms with Crippen LogP contribution in [0.1, 0.15) is 19.3 Å². The van der Waals surface area contributed by atoms with Gasteiger partial charge in [-0.15, -0.1) is 12.3 Å². The van der Waals surface area contributed by atoms with E-state index in [1.807, 2.05) is 22.6 Å². The van der Waals surface area contributed by atoms with Crippen LogP contribution in [0.5, 0.6) is 0 Å². The van der Waals surface area contributed by atoms with Crippen LogP contribution in [-0.4, -0.2) is 16.9 Å². The second kappa shape index (κ2) is 7.86. The molecule has 0 bridgehead atoms. The summed E-state index contributed by atoms with van der Waals surface area (Å²) >= 11 is 2.04.